The van der Waals surface area contributed by atoms with E-state index in [4.69, 9.17) is 0 Å². The van der Waals surface area contributed by atoms with Gasteiger partial charge in [0.05, 0.1) is 5.56 Å². The molecule has 0 aliphatic rings. The second-order valence-electron chi connectivity index (χ2n) is 7.70. The molecule has 4 aromatic rings. The third-order valence-corrected chi connectivity index (χ3v) is 5.99. The number of nitrogens with one attached hydrogen (secondary N) is 2. The molecule has 1 aromatic heterocycles. The molecule has 1 atom stereocenters. The summed E-state index contributed by atoms with van der Waals surface area (Å²) in [4.78, 5) is 25.9. The molecule has 4 rings (SSSR count). The quantitative estimate of drug-likeness (QED) is 0.326. The Balaban J connectivity index is 1.53. The largest absolute Gasteiger partial charge is 0.416 e. The second-order valence-corrected chi connectivity index (χ2v) is 8.68. The van der Waals surface area contributed by atoms with E-state index in [-0.39, 0.29) is 17.1 Å². The summed E-state index contributed by atoms with van der Waals surface area (Å²) in [5, 5.41) is 13.6. The van der Waals surface area contributed by atoms with Crippen LogP contribution in [0.3, 0.4) is 0 Å². The summed E-state index contributed by atoms with van der Waals surface area (Å²) in [6.45, 7) is 0. The van der Waals surface area contributed by atoms with Gasteiger partial charge in [0.25, 0.3) is 5.91 Å². The van der Waals surface area contributed by atoms with Crippen molar-refractivity contribution in [1.82, 2.24) is 15.5 Å². The Morgan fingerprint density at radius 3 is 2.33 bits per heavy atom. The van der Waals surface area contributed by atoms with E-state index in [1.165, 1.54) is 30.3 Å². The zero-order chi connectivity index (χ0) is 25.7. The molecule has 0 aliphatic carbocycles. The highest BCUT2D eigenvalue weighted by molar-refractivity contribution is 7.18. The normalized spacial score (nSPS) is 12.1. The lowest BCUT2D eigenvalue weighted by Crippen LogP contribution is -2.45. The van der Waals surface area contributed by atoms with E-state index in [0.717, 1.165) is 35.1 Å². The van der Waals surface area contributed by atoms with Gasteiger partial charge in [-0.15, -0.1) is 10.2 Å². The summed E-state index contributed by atoms with van der Waals surface area (Å²) >= 11 is 1.05. The maximum absolute atomic E-state index is 13.2. The van der Waals surface area contributed by atoms with Gasteiger partial charge in [0.1, 0.15) is 16.9 Å². The van der Waals surface area contributed by atoms with Crippen molar-refractivity contribution in [2.24, 2.45) is 0 Å². The minimum atomic E-state index is -4.61. The van der Waals surface area contributed by atoms with E-state index in [2.05, 4.69) is 20.8 Å². The molecular weight excluding hydrogens is 496 g/mol. The summed E-state index contributed by atoms with van der Waals surface area (Å²) in [5.41, 5.74) is 0.130. The first-order chi connectivity index (χ1) is 17.2. The van der Waals surface area contributed by atoms with Gasteiger partial charge < -0.3 is 5.32 Å². The van der Waals surface area contributed by atoms with Gasteiger partial charge in [-0.2, -0.15) is 13.2 Å². The van der Waals surface area contributed by atoms with E-state index in [1.54, 1.807) is 30.3 Å². The summed E-state index contributed by atoms with van der Waals surface area (Å²) in [6.07, 6.45) is -4.53. The highest BCUT2D eigenvalue weighted by atomic mass is 32.1. The second kappa shape index (κ2) is 10.6. The maximum Gasteiger partial charge on any atom is 0.416 e. The number of anilines is 1. The number of carbonyl (C=O) groups excluding carboxylic acids is 2. The standard InChI is InChI=1S/C25H18F4N4O2S/c26-19-11-9-16(10-12-19)23-32-33-24(36-23)31-22(35)20(13-15-5-2-1-3-6-15)30-21(34)17-7-4-8-18(14-17)25(27,28)29/h1-12,14,20H,13H2,(H,30,34)(H,31,33,35)/t20-/m0/s1. The molecule has 0 aliphatic heterocycles. The van der Waals surface area contributed by atoms with Crippen LogP contribution < -0.4 is 10.6 Å². The molecular formula is C25H18F4N4O2S. The summed E-state index contributed by atoms with van der Waals surface area (Å²) in [7, 11) is 0. The van der Waals surface area contributed by atoms with Crippen molar-refractivity contribution < 1.29 is 27.2 Å². The Bertz CT molecular complexity index is 1360. The monoisotopic (exact) mass is 514 g/mol. The van der Waals surface area contributed by atoms with Crippen molar-refractivity contribution in [2.45, 2.75) is 18.6 Å². The average Bonchev–Trinajstić information content (AvgIpc) is 3.32. The number of halogens is 4. The molecule has 11 heteroatoms. The van der Waals surface area contributed by atoms with Gasteiger partial charge in [0.15, 0.2) is 0 Å². The van der Waals surface area contributed by atoms with E-state index in [9.17, 15) is 27.2 Å². The molecule has 2 amide bonds. The van der Waals surface area contributed by atoms with E-state index in [0.29, 0.717) is 10.6 Å². The van der Waals surface area contributed by atoms with Gasteiger partial charge >= 0.3 is 6.18 Å². The first-order valence-corrected chi connectivity index (χ1v) is 11.4. The Kier molecular flexibility index (Phi) is 7.39. The first kappa shape index (κ1) is 25.0. The Morgan fingerprint density at radius 2 is 1.64 bits per heavy atom. The fourth-order valence-electron chi connectivity index (χ4n) is 3.31. The minimum absolute atomic E-state index is 0.0843. The van der Waals surface area contributed by atoms with E-state index >= 15 is 0 Å². The van der Waals surface area contributed by atoms with Crippen molar-refractivity contribution in [3.8, 4) is 10.6 Å². The SMILES string of the molecule is O=C(N[C@@H](Cc1ccccc1)C(=O)Nc1nnc(-c2ccc(F)cc2)s1)c1cccc(C(F)(F)F)c1. The molecule has 0 bridgehead atoms. The predicted octanol–water partition coefficient (Wildman–Crippen LogP) is 5.34. The van der Waals surface area contributed by atoms with Crippen molar-refractivity contribution >= 4 is 28.3 Å². The molecule has 0 spiro atoms. The molecule has 1 heterocycles. The van der Waals surface area contributed by atoms with Gasteiger partial charge in [0.2, 0.25) is 11.0 Å². The zero-order valence-corrected chi connectivity index (χ0v) is 19.2. The summed E-state index contributed by atoms with van der Waals surface area (Å²) in [5.74, 6) is -1.86. The molecule has 0 unspecified atom stereocenters. The molecule has 2 N–H and O–H groups in total. The fourth-order valence-corrected chi connectivity index (χ4v) is 4.06. The number of nitrogens with zero attached hydrogens (tertiary/aromatic N) is 2. The zero-order valence-electron chi connectivity index (χ0n) is 18.4. The van der Waals surface area contributed by atoms with Crippen LogP contribution in [0.25, 0.3) is 10.6 Å². The van der Waals surface area contributed by atoms with Crippen LogP contribution in [0.2, 0.25) is 0 Å². The van der Waals surface area contributed by atoms with Crippen molar-refractivity contribution in [3.63, 3.8) is 0 Å². The van der Waals surface area contributed by atoms with Gasteiger partial charge in [0, 0.05) is 17.5 Å². The van der Waals surface area contributed by atoms with Crippen LogP contribution in [-0.2, 0) is 17.4 Å². The van der Waals surface area contributed by atoms with E-state index in [1.807, 2.05) is 0 Å². The Morgan fingerprint density at radius 1 is 0.917 bits per heavy atom. The fraction of sp³-hybridized carbons (Fsp3) is 0.120. The number of hydrogen-bond donors (Lipinski definition) is 2. The van der Waals surface area contributed by atoms with Gasteiger partial charge in [-0.3, -0.25) is 14.9 Å². The number of hydrogen-bond acceptors (Lipinski definition) is 5. The molecule has 36 heavy (non-hydrogen) atoms. The van der Waals surface area contributed by atoms with Crippen LogP contribution in [0.5, 0.6) is 0 Å². The number of aromatic nitrogens is 2. The van der Waals surface area contributed by atoms with Crippen LogP contribution in [0.4, 0.5) is 22.7 Å². The average molecular weight is 515 g/mol. The van der Waals surface area contributed by atoms with Gasteiger partial charge in [-0.1, -0.05) is 47.7 Å². The number of benzene rings is 3. The predicted molar refractivity (Wildman–Crippen MR) is 127 cm³/mol. The van der Waals surface area contributed by atoms with Crippen LogP contribution in [0.1, 0.15) is 21.5 Å². The highest BCUT2D eigenvalue weighted by Crippen LogP contribution is 2.30. The third kappa shape index (κ3) is 6.30. The number of alkyl halides is 3. The van der Waals surface area contributed by atoms with Crippen LogP contribution in [0.15, 0.2) is 78.9 Å². The number of amides is 2. The molecule has 0 fully saturated rings. The third-order valence-electron chi connectivity index (χ3n) is 5.10. The number of carbonyl (C=O) groups is 2. The van der Waals surface area contributed by atoms with Crippen molar-refractivity contribution in [2.75, 3.05) is 5.32 Å². The van der Waals surface area contributed by atoms with Gasteiger partial charge in [-0.05, 0) is 48.0 Å². The molecule has 0 saturated heterocycles. The topological polar surface area (TPSA) is 84.0 Å². The van der Waals surface area contributed by atoms with Crippen LogP contribution in [0, 0.1) is 5.82 Å². The molecule has 0 radical (unpaired) electrons. The van der Waals surface area contributed by atoms with Crippen LogP contribution in [-0.4, -0.2) is 28.1 Å². The maximum atomic E-state index is 13.2. The highest BCUT2D eigenvalue weighted by Gasteiger charge is 2.31. The molecule has 6 nitrogen and oxygen atoms in total. The van der Waals surface area contributed by atoms with Crippen molar-refractivity contribution in [3.05, 3.63) is 101 Å². The smallest absolute Gasteiger partial charge is 0.340 e. The summed E-state index contributed by atoms with van der Waals surface area (Å²) in [6, 6.07) is 17.3. The van der Waals surface area contributed by atoms with E-state index < -0.39 is 35.4 Å². The lowest BCUT2D eigenvalue weighted by molar-refractivity contribution is -0.137. The van der Waals surface area contributed by atoms with Crippen LogP contribution >= 0.6 is 11.3 Å². The first-order valence-electron chi connectivity index (χ1n) is 10.6. The molecule has 0 saturated carbocycles. The minimum Gasteiger partial charge on any atom is -0.340 e. The molecule has 3 aromatic carbocycles. The lowest BCUT2D eigenvalue weighted by Gasteiger charge is -2.18. The van der Waals surface area contributed by atoms with Crippen molar-refractivity contribution in [1.29, 1.82) is 0 Å². The lowest BCUT2D eigenvalue weighted by atomic mass is 10.0. The Labute approximate surface area is 207 Å². The Hall–Kier alpha value is -4.12. The summed E-state index contributed by atoms with van der Waals surface area (Å²) < 4.78 is 52.4. The number of rotatable bonds is 7. The van der Waals surface area contributed by atoms with Gasteiger partial charge in [-0.25, -0.2) is 4.39 Å². The molecule has 184 valence electrons.